The predicted molar refractivity (Wildman–Crippen MR) is 53.2 cm³/mol. The monoisotopic (exact) mass is 243 g/mol. The Morgan fingerprint density at radius 2 is 1.69 bits per heavy atom. The third-order valence-corrected chi connectivity index (χ3v) is 1.50. The second kappa shape index (κ2) is 5.95. The van der Waals surface area contributed by atoms with Gasteiger partial charge in [0, 0.05) is 0 Å². The van der Waals surface area contributed by atoms with Gasteiger partial charge in [0.2, 0.25) is 0 Å². The minimum Gasteiger partial charge on any atom is -0.375 e. The molecule has 3 N–H and O–H groups in total. The number of nitrogens with two attached hydrogens (primary N) is 1. The van der Waals surface area contributed by atoms with Gasteiger partial charge < -0.3 is 5.73 Å². The maximum atomic E-state index is 11.0. The van der Waals surface area contributed by atoms with Gasteiger partial charge >= 0.3 is 0 Å². The van der Waals surface area contributed by atoms with Crippen LogP contribution in [0.1, 0.15) is 0 Å². The zero-order valence-corrected chi connectivity index (χ0v) is 8.75. The van der Waals surface area contributed by atoms with Gasteiger partial charge in [-0.2, -0.15) is 5.01 Å². The molecular formula is C5H7Cl2N3O2S. The zero-order valence-electron chi connectivity index (χ0n) is 6.42. The van der Waals surface area contributed by atoms with E-state index in [4.69, 9.17) is 28.9 Å². The molecule has 0 spiro atoms. The van der Waals surface area contributed by atoms with Gasteiger partial charge in [-0.05, 0) is 12.2 Å². The molecule has 0 bridgehead atoms. The lowest BCUT2D eigenvalue weighted by Gasteiger charge is -2.18. The Kier molecular flexibility index (Phi) is 5.68. The first-order valence-electron chi connectivity index (χ1n) is 3.06. The molecule has 0 rings (SSSR count). The van der Waals surface area contributed by atoms with Crippen LogP contribution in [0.2, 0.25) is 0 Å². The van der Waals surface area contributed by atoms with E-state index in [9.17, 15) is 9.59 Å². The standard InChI is InChI=1S/C5H7Cl2N3O2S/c6-1-3(11)10(4(12)2-7)9-5(8)13/h1-2H2,(H3,8,9,13). The van der Waals surface area contributed by atoms with Crippen LogP contribution in [-0.4, -0.2) is 33.7 Å². The third-order valence-electron chi connectivity index (χ3n) is 0.949. The molecule has 74 valence electrons. The molecule has 0 aromatic rings. The summed E-state index contributed by atoms with van der Waals surface area (Å²) < 4.78 is 0. The van der Waals surface area contributed by atoms with Crippen LogP contribution < -0.4 is 11.2 Å². The molecule has 0 fully saturated rings. The van der Waals surface area contributed by atoms with Crippen molar-refractivity contribution in [3.63, 3.8) is 0 Å². The lowest BCUT2D eigenvalue weighted by Crippen LogP contribution is -2.52. The summed E-state index contributed by atoms with van der Waals surface area (Å²) in [4.78, 5) is 22.0. The first kappa shape index (κ1) is 12.4. The van der Waals surface area contributed by atoms with Crippen LogP contribution in [0.15, 0.2) is 0 Å². The number of amides is 2. The number of alkyl halides is 2. The van der Waals surface area contributed by atoms with Crippen LogP contribution >= 0.6 is 35.4 Å². The SMILES string of the molecule is NC(=S)NN(C(=O)CCl)C(=O)CCl. The lowest BCUT2D eigenvalue weighted by molar-refractivity contribution is -0.143. The molecule has 0 heterocycles. The van der Waals surface area contributed by atoms with Crippen LogP contribution in [0.4, 0.5) is 0 Å². The number of rotatable bonds is 2. The maximum absolute atomic E-state index is 11.0. The molecule has 0 saturated heterocycles. The molecule has 0 atom stereocenters. The normalized spacial score (nSPS) is 9.08. The van der Waals surface area contributed by atoms with Crippen LogP contribution in [-0.2, 0) is 9.59 Å². The quantitative estimate of drug-likeness (QED) is 0.391. The second-order valence-electron chi connectivity index (χ2n) is 1.87. The number of nitrogens with one attached hydrogen (secondary N) is 1. The molecule has 13 heavy (non-hydrogen) atoms. The van der Waals surface area contributed by atoms with Crippen molar-refractivity contribution in [3.8, 4) is 0 Å². The van der Waals surface area contributed by atoms with Gasteiger partial charge in [0.25, 0.3) is 11.8 Å². The van der Waals surface area contributed by atoms with Crippen molar-refractivity contribution in [2.24, 2.45) is 5.73 Å². The Morgan fingerprint density at radius 3 is 1.92 bits per heavy atom. The molecule has 0 radical (unpaired) electrons. The molecule has 0 aliphatic heterocycles. The van der Waals surface area contributed by atoms with Gasteiger partial charge in [-0.1, -0.05) is 0 Å². The summed E-state index contributed by atoms with van der Waals surface area (Å²) in [6, 6.07) is 0. The summed E-state index contributed by atoms with van der Waals surface area (Å²) in [6.45, 7) is 0. The van der Waals surface area contributed by atoms with Gasteiger partial charge in [0.15, 0.2) is 5.11 Å². The van der Waals surface area contributed by atoms with Gasteiger partial charge in [0.1, 0.15) is 11.8 Å². The zero-order chi connectivity index (χ0) is 10.4. The van der Waals surface area contributed by atoms with Gasteiger partial charge in [0.05, 0.1) is 0 Å². The Labute approximate surface area is 90.1 Å². The summed E-state index contributed by atoms with van der Waals surface area (Å²) in [5.41, 5.74) is 7.22. The topological polar surface area (TPSA) is 75.4 Å². The van der Waals surface area contributed by atoms with Gasteiger partial charge in [-0.15, -0.1) is 23.2 Å². The number of thiocarbonyl (C=S) groups is 1. The van der Waals surface area contributed by atoms with Crippen molar-refractivity contribution in [2.45, 2.75) is 0 Å². The summed E-state index contributed by atoms with van der Waals surface area (Å²) in [7, 11) is 0. The molecule has 0 aliphatic rings. The van der Waals surface area contributed by atoms with Crippen molar-refractivity contribution in [1.82, 2.24) is 10.4 Å². The Balaban J connectivity index is 4.45. The molecule has 5 nitrogen and oxygen atoms in total. The van der Waals surface area contributed by atoms with Crippen molar-refractivity contribution in [3.05, 3.63) is 0 Å². The Morgan fingerprint density at radius 1 is 1.31 bits per heavy atom. The van der Waals surface area contributed by atoms with E-state index < -0.39 is 11.8 Å². The summed E-state index contributed by atoms with van der Waals surface area (Å²) in [5, 5.41) is 0.374. The van der Waals surface area contributed by atoms with E-state index in [0.29, 0.717) is 5.01 Å². The highest BCUT2D eigenvalue weighted by Gasteiger charge is 2.19. The smallest absolute Gasteiger partial charge is 0.263 e. The number of hydrogen-bond donors (Lipinski definition) is 2. The fraction of sp³-hybridized carbons (Fsp3) is 0.400. The average Bonchev–Trinajstić information content (AvgIpc) is 2.11. The number of carbonyl (C=O) groups is 2. The van der Waals surface area contributed by atoms with E-state index in [0.717, 1.165) is 0 Å². The first-order chi connectivity index (χ1) is 6.02. The number of carbonyl (C=O) groups excluding carboxylic acids is 2. The second-order valence-corrected chi connectivity index (χ2v) is 2.84. The minimum absolute atomic E-state index is 0.211. The molecule has 0 unspecified atom stereocenters. The van der Waals surface area contributed by atoms with Crippen LogP contribution in [0.5, 0.6) is 0 Å². The third kappa shape index (κ3) is 4.25. The number of imide groups is 1. The summed E-state index contributed by atoms with van der Waals surface area (Å²) in [6.07, 6.45) is 0. The minimum atomic E-state index is -0.667. The van der Waals surface area contributed by atoms with E-state index in [1.54, 1.807) is 0 Å². The van der Waals surface area contributed by atoms with E-state index in [1.165, 1.54) is 0 Å². The Hall–Kier alpha value is -0.590. The average molecular weight is 244 g/mol. The predicted octanol–water partition coefficient (Wildman–Crippen LogP) is -0.433. The maximum Gasteiger partial charge on any atom is 0.263 e. The highest BCUT2D eigenvalue weighted by Crippen LogP contribution is 1.92. The number of nitrogens with zero attached hydrogens (tertiary/aromatic N) is 1. The largest absolute Gasteiger partial charge is 0.375 e. The number of halogens is 2. The van der Waals surface area contributed by atoms with Gasteiger partial charge in [-0.3, -0.25) is 15.0 Å². The number of hydrogen-bond acceptors (Lipinski definition) is 3. The molecule has 0 aromatic carbocycles. The van der Waals surface area contributed by atoms with Gasteiger partial charge in [-0.25, -0.2) is 0 Å². The molecular weight excluding hydrogens is 237 g/mol. The highest BCUT2D eigenvalue weighted by molar-refractivity contribution is 7.80. The van der Waals surface area contributed by atoms with Crippen molar-refractivity contribution < 1.29 is 9.59 Å². The van der Waals surface area contributed by atoms with Crippen LogP contribution in [0, 0.1) is 0 Å². The van der Waals surface area contributed by atoms with Crippen molar-refractivity contribution in [2.75, 3.05) is 11.8 Å². The molecule has 8 heteroatoms. The molecule has 0 aliphatic carbocycles. The summed E-state index contributed by atoms with van der Waals surface area (Å²) >= 11 is 14.9. The fourth-order valence-electron chi connectivity index (χ4n) is 0.494. The summed E-state index contributed by atoms with van der Waals surface area (Å²) in [5.74, 6) is -2.06. The highest BCUT2D eigenvalue weighted by atomic mass is 35.5. The van der Waals surface area contributed by atoms with E-state index >= 15 is 0 Å². The fourth-order valence-corrected chi connectivity index (χ4v) is 0.824. The van der Waals surface area contributed by atoms with Crippen molar-refractivity contribution in [1.29, 1.82) is 0 Å². The number of hydrazine groups is 1. The van der Waals surface area contributed by atoms with E-state index in [1.807, 2.05) is 0 Å². The van der Waals surface area contributed by atoms with Crippen LogP contribution in [0.25, 0.3) is 0 Å². The molecule has 0 aromatic heterocycles. The lowest BCUT2D eigenvalue weighted by atomic mass is 10.6. The van der Waals surface area contributed by atoms with E-state index in [-0.39, 0.29) is 16.9 Å². The van der Waals surface area contributed by atoms with Crippen LogP contribution in [0.3, 0.4) is 0 Å². The first-order valence-corrected chi connectivity index (χ1v) is 4.54. The van der Waals surface area contributed by atoms with E-state index in [2.05, 4.69) is 17.6 Å². The Bertz CT molecular complexity index is 220. The molecule has 0 saturated carbocycles. The molecule has 2 amide bonds. The van der Waals surface area contributed by atoms with Crippen molar-refractivity contribution >= 4 is 52.3 Å².